The lowest BCUT2D eigenvalue weighted by Gasteiger charge is -2.14. The summed E-state index contributed by atoms with van der Waals surface area (Å²) < 4.78 is 13.0. The summed E-state index contributed by atoms with van der Waals surface area (Å²) in [6.45, 7) is 1.69. The van der Waals surface area contributed by atoms with Crippen molar-refractivity contribution in [3.63, 3.8) is 0 Å². The minimum atomic E-state index is -0.236. The minimum Gasteiger partial charge on any atom is -0.327 e. The van der Waals surface area contributed by atoms with Gasteiger partial charge in [-0.25, -0.2) is 4.39 Å². The zero-order chi connectivity index (χ0) is 10.1. The number of nitrogens with zero attached hydrogens (tertiary/aromatic N) is 1. The summed E-state index contributed by atoms with van der Waals surface area (Å²) in [7, 11) is 0. The highest BCUT2D eigenvalue weighted by Crippen LogP contribution is 2.32. The van der Waals surface area contributed by atoms with Gasteiger partial charge in [0.25, 0.3) is 0 Å². The van der Waals surface area contributed by atoms with Crippen LogP contribution in [0, 0.1) is 12.7 Å². The van der Waals surface area contributed by atoms with Crippen LogP contribution in [0.5, 0.6) is 0 Å². The molecule has 14 heavy (non-hydrogen) atoms. The molecule has 76 valence electrons. The molecule has 0 aromatic carbocycles. The topological polar surface area (TPSA) is 38.9 Å². The van der Waals surface area contributed by atoms with Gasteiger partial charge in [0, 0.05) is 17.7 Å². The number of nitrogens with two attached hydrogens (primary N) is 1. The van der Waals surface area contributed by atoms with Crippen molar-refractivity contribution < 1.29 is 4.39 Å². The lowest BCUT2D eigenvalue weighted by molar-refractivity contribution is 0.576. The molecule has 0 amide bonds. The second kappa shape index (κ2) is 3.65. The third-order valence-electron chi connectivity index (χ3n) is 2.99. The molecular weight excluding hydrogens is 179 g/mol. The molecule has 2 rings (SSSR count). The minimum absolute atomic E-state index is 0.201. The zero-order valence-electron chi connectivity index (χ0n) is 8.33. The van der Waals surface area contributed by atoms with Crippen LogP contribution in [0.4, 0.5) is 4.39 Å². The van der Waals surface area contributed by atoms with E-state index in [9.17, 15) is 4.39 Å². The third kappa shape index (κ3) is 1.64. The number of aryl methyl sites for hydroxylation is 1. The van der Waals surface area contributed by atoms with E-state index in [1.807, 2.05) is 0 Å². The molecule has 0 bridgehead atoms. The van der Waals surface area contributed by atoms with E-state index in [0.29, 0.717) is 11.6 Å². The maximum Gasteiger partial charge on any atom is 0.144 e. The molecule has 1 aromatic rings. The van der Waals surface area contributed by atoms with Crippen LogP contribution < -0.4 is 5.73 Å². The van der Waals surface area contributed by atoms with E-state index in [-0.39, 0.29) is 11.9 Å². The van der Waals surface area contributed by atoms with E-state index in [1.165, 1.54) is 6.07 Å². The van der Waals surface area contributed by atoms with E-state index in [4.69, 9.17) is 5.73 Å². The highest BCUT2D eigenvalue weighted by atomic mass is 19.1. The van der Waals surface area contributed by atoms with Gasteiger partial charge >= 0.3 is 0 Å². The van der Waals surface area contributed by atoms with E-state index in [0.717, 1.165) is 25.0 Å². The fourth-order valence-electron chi connectivity index (χ4n) is 2.13. The maximum absolute atomic E-state index is 13.0. The largest absolute Gasteiger partial charge is 0.327 e. The van der Waals surface area contributed by atoms with Crippen molar-refractivity contribution in [2.75, 3.05) is 0 Å². The summed E-state index contributed by atoms with van der Waals surface area (Å²) in [5, 5.41) is 0. The molecule has 0 aliphatic heterocycles. The Morgan fingerprint density at radius 1 is 1.43 bits per heavy atom. The molecule has 1 fully saturated rings. The van der Waals surface area contributed by atoms with Crippen LogP contribution in [-0.2, 0) is 0 Å². The third-order valence-corrected chi connectivity index (χ3v) is 2.99. The molecule has 2 nitrogen and oxygen atoms in total. The highest BCUT2D eigenvalue weighted by Gasteiger charge is 2.26. The van der Waals surface area contributed by atoms with Crippen LogP contribution in [0.2, 0.25) is 0 Å². The molecular formula is C11H15FN2. The quantitative estimate of drug-likeness (QED) is 0.743. The van der Waals surface area contributed by atoms with Crippen LogP contribution >= 0.6 is 0 Å². The monoisotopic (exact) mass is 194 g/mol. The Hall–Kier alpha value is -0.960. The van der Waals surface area contributed by atoms with Gasteiger partial charge in [-0.1, -0.05) is 6.42 Å². The van der Waals surface area contributed by atoms with Crippen molar-refractivity contribution in [3.05, 3.63) is 29.3 Å². The van der Waals surface area contributed by atoms with Crippen molar-refractivity contribution in [2.45, 2.75) is 38.1 Å². The molecule has 2 N–H and O–H groups in total. The Kier molecular flexibility index (Phi) is 2.50. The molecule has 0 spiro atoms. The fourth-order valence-corrected chi connectivity index (χ4v) is 2.13. The molecule has 1 aliphatic carbocycles. The van der Waals surface area contributed by atoms with Crippen LogP contribution in [0.1, 0.15) is 36.6 Å². The lowest BCUT2D eigenvalue weighted by Crippen LogP contribution is -2.23. The van der Waals surface area contributed by atoms with E-state index >= 15 is 0 Å². The van der Waals surface area contributed by atoms with Crippen LogP contribution in [0.3, 0.4) is 0 Å². The Morgan fingerprint density at radius 3 is 2.79 bits per heavy atom. The summed E-state index contributed by atoms with van der Waals surface area (Å²) in [6, 6.07) is 3.45. The van der Waals surface area contributed by atoms with Crippen molar-refractivity contribution >= 4 is 0 Å². The van der Waals surface area contributed by atoms with Crippen LogP contribution in [0.15, 0.2) is 12.1 Å². The molecule has 1 saturated carbocycles. The second-order valence-corrected chi connectivity index (χ2v) is 4.00. The van der Waals surface area contributed by atoms with Gasteiger partial charge in [-0.2, -0.15) is 0 Å². The first-order valence-corrected chi connectivity index (χ1v) is 5.07. The van der Waals surface area contributed by atoms with Gasteiger partial charge in [0.05, 0.1) is 5.69 Å². The highest BCUT2D eigenvalue weighted by molar-refractivity contribution is 5.18. The molecule has 3 heteroatoms. The van der Waals surface area contributed by atoms with Crippen LogP contribution in [-0.4, -0.2) is 11.0 Å². The Balaban J connectivity index is 2.28. The van der Waals surface area contributed by atoms with Crippen molar-refractivity contribution in [1.82, 2.24) is 4.98 Å². The number of aromatic nitrogens is 1. The van der Waals surface area contributed by atoms with Crippen molar-refractivity contribution in [1.29, 1.82) is 0 Å². The van der Waals surface area contributed by atoms with Crippen LogP contribution in [0.25, 0.3) is 0 Å². The average Bonchev–Trinajstić information content (AvgIpc) is 2.57. The van der Waals surface area contributed by atoms with Gasteiger partial charge in [0.15, 0.2) is 0 Å². The summed E-state index contributed by atoms with van der Waals surface area (Å²) in [5.41, 5.74) is 7.39. The van der Waals surface area contributed by atoms with Gasteiger partial charge < -0.3 is 5.73 Å². The first-order valence-electron chi connectivity index (χ1n) is 5.07. The Bertz CT molecular complexity index is 338. The van der Waals surface area contributed by atoms with Gasteiger partial charge in [-0.05, 0) is 31.9 Å². The molecule has 1 heterocycles. The Morgan fingerprint density at radius 2 is 2.21 bits per heavy atom. The predicted molar refractivity (Wildman–Crippen MR) is 53.5 cm³/mol. The lowest BCUT2D eigenvalue weighted by atomic mass is 9.99. The summed E-state index contributed by atoms with van der Waals surface area (Å²) in [4.78, 5) is 4.25. The SMILES string of the molecule is Cc1nc(C2CCCC2N)ccc1F. The molecule has 0 radical (unpaired) electrons. The summed E-state index contributed by atoms with van der Waals surface area (Å²) >= 11 is 0. The predicted octanol–water partition coefficient (Wildman–Crippen LogP) is 2.12. The van der Waals surface area contributed by atoms with Crippen molar-refractivity contribution in [2.24, 2.45) is 5.73 Å². The number of rotatable bonds is 1. The van der Waals surface area contributed by atoms with E-state index in [2.05, 4.69) is 4.98 Å². The molecule has 1 aromatic heterocycles. The van der Waals surface area contributed by atoms with Gasteiger partial charge in [0.1, 0.15) is 5.82 Å². The van der Waals surface area contributed by atoms with Gasteiger partial charge in [-0.3, -0.25) is 4.98 Å². The average molecular weight is 194 g/mol. The molecule has 0 saturated heterocycles. The second-order valence-electron chi connectivity index (χ2n) is 4.00. The molecule has 2 atom stereocenters. The van der Waals surface area contributed by atoms with Crippen molar-refractivity contribution in [3.8, 4) is 0 Å². The molecule has 1 aliphatic rings. The number of hydrogen-bond donors (Lipinski definition) is 1. The first kappa shape index (κ1) is 9.59. The normalized spacial score (nSPS) is 26.8. The van der Waals surface area contributed by atoms with E-state index in [1.54, 1.807) is 13.0 Å². The standard InChI is InChI=1S/C11H15FN2/c1-7-9(12)5-6-11(14-7)8-3-2-4-10(8)13/h5-6,8,10H,2-4,13H2,1H3. The number of pyridine rings is 1. The number of halogens is 1. The van der Waals surface area contributed by atoms with E-state index < -0.39 is 0 Å². The Labute approximate surface area is 83.3 Å². The summed E-state index contributed by atoms with van der Waals surface area (Å²) in [5.74, 6) is 0.0922. The summed E-state index contributed by atoms with van der Waals surface area (Å²) in [6.07, 6.45) is 3.30. The number of hydrogen-bond acceptors (Lipinski definition) is 2. The van der Waals surface area contributed by atoms with Gasteiger partial charge in [-0.15, -0.1) is 0 Å². The fraction of sp³-hybridized carbons (Fsp3) is 0.545. The van der Waals surface area contributed by atoms with Gasteiger partial charge in [0.2, 0.25) is 0 Å². The maximum atomic E-state index is 13.0. The first-order chi connectivity index (χ1) is 6.68. The smallest absolute Gasteiger partial charge is 0.144 e. The molecule has 2 unspecified atom stereocenters. The zero-order valence-corrected chi connectivity index (χ0v) is 8.33.